The van der Waals surface area contributed by atoms with Crippen molar-refractivity contribution in [2.24, 2.45) is 0 Å². The number of aryl methyl sites for hydroxylation is 2. The monoisotopic (exact) mass is 325 g/mol. The molecule has 0 bridgehead atoms. The summed E-state index contributed by atoms with van der Waals surface area (Å²) in [6.45, 7) is 5.04. The van der Waals surface area contributed by atoms with Crippen LogP contribution < -0.4 is 5.32 Å². The van der Waals surface area contributed by atoms with Crippen molar-refractivity contribution in [2.75, 3.05) is 6.54 Å². The third kappa shape index (κ3) is 4.55. The molecule has 0 saturated heterocycles. The summed E-state index contributed by atoms with van der Waals surface area (Å²) in [5, 5.41) is 12.3. The second-order valence-corrected chi connectivity index (χ2v) is 7.66. The smallest absolute Gasteiger partial charge is 0.337 e. The quantitative estimate of drug-likeness (QED) is 0.831. The van der Waals surface area contributed by atoms with Crippen molar-refractivity contribution in [1.29, 1.82) is 0 Å². The van der Waals surface area contributed by atoms with Crippen LogP contribution in [0.25, 0.3) is 0 Å². The van der Waals surface area contributed by atoms with Gasteiger partial charge in [0.25, 0.3) is 5.91 Å². The van der Waals surface area contributed by atoms with Gasteiger partial charge in [-0.3, -0.25) is 4.79 Å². The standard InChI is InChI=1S/C16H23NO4S/c1-16(2,3)21-15(20)11(18)9-17-14(19)13-8-10-6-4-5-7-12(10)22-13/h8,11,18H,4-7,9H2,1-3H3,(H,17,19)/t11-/m0/s1. The largest absolute Gasteiger partial charge is 0.458 e. The van der Waals surface area contributed by atoms with Crippen LogP contribution in [0.1, 0.15) is 53.7 Å². The van der Waals surface area contributed by atoms with Crippen LogP contribution in [0.15, 0.2) is 6.07 Å². The number of nitrogens with one attached hydrogen (secondary N) is 1. The number of hydrogen-bond donors (Lipinski definition) is 2. The lowest BCUT2D eigenvalue weighted by Gasteiger charge is -2.21. The second kappa shape index (κ2) is 6.79. The van der Waals surface area contributed by atoms with E-state index in [2.05, 4.69) is 5.32 Å². The molecular formula is C16H23NO4S. The molecule has 5 nitrogen and oxygen atoms in total. The van der Waals surface area contributed by atoms with Gasteiger partial charge in [0.05, 0.1) is 11.4 Å². The summed E-state index contributed by atoms with van der Waals surface area (Å²) in [7, 11) is 0. The van der Waals surface area contributed by atoms with Gasteiger partial charge in [-0.1, -0.05) is 0 Å². The van der Waals surface area contributed by atoms with Gasteiger partial charge in [0.2, 0.25) is 0 Å². The number of rotatable bonds is 4. The molecule has 1 aromatic heterocycles. The van der Waals surface area contributed by atoms with E-state index in [4.69, 9.17) is 4.74 Å². The Morgan fingerprint density at radius 1 is 1.36 bits per heavy atom. The molecule has 1 heterocycles. The summed E-state index contributed by atoms with van der Waals surface area (Å²) in [5.74, 6) is -0.972. The molecule has 22 heavy (non-hydrogen) atoms. The van der Waals surface area contributed by atoms with E-state index in [1.165, 1.54) is 34.6 Å². The van der Waals surface area contributed by atoms with Gasteiger partial charge in [-0.25, -0.2) is 4.79 Å². The zero-order valence-electron chi connectivity index (χ0n) is 13.3. The summed E-state index contributed by atoms with van der Waals surface area (Å²) >= 11 is 1.50. The molecule has 0 fully saturated rings. The Balaban J connectivity index is 1.87. The van der Waals surface area contributed by atoms with E-state index in [1.807, 2.05) is 6.07 Å². The predicted molar refractivity (Wildman–Crippen MR) is 85.1 cm³/mol. The fourth-order valence-corrected chi connectivity index (χ4v) is 3.50. The summed E-state index contributed by atoms with van der Waals surface area (Å²) in [6.07, 6.45) is 3.06. The Hall–Kier alpha value is -1.40. The van der Waals surface area contributed by atoms with E-state index in [-0.39, 0.29) is 12.5 Å². The number of carbonyl (C=O) groups is 2. The van der Waals surface area contributed by atoms with Gasteiger partial charge in [0.1, 0.15) is 5.60 Å². The van der Waals surface area contributed by atoms with Crippen LogP contribution >= 0.6 is 11.3 Å². The fraction of sp³-hybridized carbons (Fsp3) is 0.625. The molecule has 6 heteroatoms. The fourth-order valence-electron chi connectivity index (χ4n) is 2.33. The normalized spacial score (nSPS) is 15.8. The van der Waals surface area contributed by atoms with Gasteiger partial charge >= 0.3 is 5.97 Å². The van der Waals surface area contributed by atoms with Crippen molar-refractivity contribution < 1.29 is 19.4 Å². The van der Waals surface area contributed by atoms with Crippen molar-refractivity contribution in [3.05, 3.63) is 21.4 Å². The van der Waals surface area contributed by atoms with Gasteiger partial charge in [0.15, 0.2) is 6.10 Å². The number of fused-ring (bicyclic) bond motifs is 1. The lowest BCUT2D eigenvalue weighted by atomic mass is 9.99. The Labute approximate surface area is 134 Å². The van der Waals surface area contributed by atoms with Crippen molar-refractivity contribution in [3.63, 3.8) is 0 Å². The molecule has 2 rings (SSSR count). The summed E-state index contributed by atoms with van der Waals surface area (Å²) in [6, 6.07) is 1.92. The average molecular weight is 325 g/mol. The van der Waals surface area contributed by atoms with Crippen LogP contribution in [-0.4, -0.2) is 35.2 Å². The maximum absolute atomic E-state index is 12.1. The molecule has 0 saturated carbocycles. The zero-order chi connectivity index (χ0) is 16.3. The maximum Gasteiger partial charge on any atom is 0.337 e. The lowest BCUT2D eigenvalue weighted by molar-refractivity contribution is -0.164. The summed E-state index contributed by atoms with van der Waals surface area (Å²) in [4.78, 5) is 25.7. The Kier molecular flexibility index (Phi) is 5.24. The first-order valence-electron chi connectivity index (χ1n) is 7.57. The van der Waals surface area contributed by atoms with Gasteiger partial charge in [-0.2, -0.15) is 0 Å². The van der Waals surface area contributed by atoms with Crippen LogP contribution in [0.4, 0.5) is 0 Å². The highest BCUT2D eigenvalue weighted by Gasteiger charge is 2.24. The number of aliphatic hydroxyl groups excluding tert-OH is 1. The molecule has 0 radical (unpaired) electrons. The van der Waals surface area contributed by atoms with E-state index >= 15 is 0 Å². The van der Waals surface area contributed by atoms with Crippen molar-refractivity contribution >= 4 is 23.2 Å². The molecule has 2 N–H and O–H groups in total. The molecule has 0 aromatic carbocycles. The van der Waals surface area contributed by atoms with Crippen LogP contribution in [0, 0.1) is 0 Å². The van der Waals surface area contributed by atoms with E-state index in [1.54, 1.807) is 20.8 Å². The van der Waals surface area contributed by atoms with E-state index in [9.17, 15) is 14.7 Å². The number of aliphatic hydroxyl groups is 1. The molecule has 122 valence electrons. The highest BCUT2D eigenvalue weighted by Crippen LogP contribution is 2.29. The third-order valence-electron chi connectivity index (χ3n) is 3.36. The molecule has 1 atom stereocenters. The predicted octanol–water partition coefficient (Wildman–Crippen LogP) is 2.06. The SMILES string of the molecule is CC(C)(C)OC(=O)[C@@H](O)CNC(=O)c1cc2c(s1)CCCC2. The highest BCUT2D eigenvalue weighted by atomic mass is 32.1. The molecule has 0 unspecified atom stereocenters. The number of ether oxygens (including phenoxy) is 1. The number of esters is 1. The van der Waals surface area contributed by atoms with Crippen molar-refractivity contribution in [3.8, 4) is 0 Å². The first-order chi connectivity index (χ1) is 10.3. The molecule has 1 amide bonds. The molecule has 0 spiro atoms. The minimum Gasteiger partial charge on any atom is -0.458 e. The molecule has 1 aromatic rings. The van der Waals surface area contributed by atoms with E-state index < -0.39 is 17.7 Å². The Bertz CT molecular complexity index is 535. The molecular weight excluding hydrogens is 302 g/mol. The van der Waals surface area contributed by atoms with Crippen LogP contribution in [0.3, 0.4) is 0 Å². The molecule has 1 aliphatic rings. The van der Waals surface area contributed by atoms with Gasteiger partial charge in [0, 0.05) is 4.88 Å². The number of carbonyl (C=O) groups excluding carboxylic acids is 2. The lowest BCUT2D eigenvalue weighted by Crippen LogP contribution is -2.40. The van der Waals surface area contributed by atoms with E-state index in [0.717, 1.165) is 12.8 Å². The highest BCUT2D eigenvalue weighted by molar-refractivity contribution is 7.14. The van der Waals surface area contributed by atoms with Crippen molar-refractivity contribution in [1.82, 2.24) is 5.32 Å². The minimum absolute atomic E-state index is 0.143. The second-order valence-electron chi connectivity index (χ2n) is 6.53. The number of amides is 1. The van der Waals surface area contributed by atoms with E-state index in [0.29, 0.717) is 4.88 Å². The molecule has 1 aliphatic carbocycles. The zero-order valence-corrected chi connectivity index (χ0v) is 14.1. The first kappa shape index (κ1) is 17.0. The van der Waals surface area contributed by atoms with Crippen LogP contribution in [0.5, 0.6) is 0 Å². The Morgan fingerprint density at radius 3 is 2.68 bits per heavy atom. The topological polar surface area (TPSA) is 75.6 Å². The van der Waals surface area contributed by atoms with Gasteiger partial charge in [-0.15, -0.1) is 11.3 Å². The summed E-state index contributed by atoms with van der Waals surface area (Å²) in [5.41, 5.74) is 0.601. The van der Waals surface area contributed by atoms with Crippen LogP contribution in [-0.2, 0) is 22.4 Å². The first-order valence-corrected chi connectivity index (χ1v) is 8.38. The van der Waals surface area contributed by atoms with Crippen molar-refractivity contribution in [2.45, 2.75) is 58.2 Å². The summed E-state index contributed by atoms with van der Waals surface area (Å²) < 4.78 is 5.07. The number of thiophene rings is 1. The average Bonchev–Trinajstić information content (AvgIpc) is 2.86. The third-order valence-corrected chi connectivity index (χ3v) is 4.59. The Morgan fingerprint density at radius 2 is 2.05 bits per heavy atom. The van der Waals surface area contributed by atoms with Crippen LogP contribution in [0.2, 0.25) is 0 Å². The number of hydrogen-bond acceptors (Lipinski definition) is 5. The minimum atomic E-state index is -1.35. The van der Waals surface area contributed by atoms with Gasteiger partial charge < -0.3 is 15.2 Å². The maximum atomic E-state index is 12.1. The van der Waals surface area contributed by atoms with Gasteiger partial charge in [-0.05, 0) is 58.1 Å². The molecule has 0 aliphatic heterocycles.